The Bertz CT molecular complexity index is 435. The van der Waals surface area contributed by atoms with Crippen LogP contribution in [0.25, 0.3) is 0 Å². The Labute approximate surface area is 121 Å². The summed E-state index contributed by atoms with van der Waals surface area (Å²) < 4.78 is 2.03. The summed E-state index contributed by atoms with van der Waals surface area (Å²) in [5.41, 5.74) is 0.371. The fourth-order valence-corrected chi connectivity index (χ4v) is 3.85. The van der Waals surface area contributed by atoms with Gasteiger partial charge in [-0.3, -0.25) is 4.90 Å². The largest absolute Gasteiger partial charge is 0.311 e. The van der Waals surface area contributed by atoms with Crippen LogP contribution in [-0.4, -0.2) is 44.3 Å². The topological polar surface area (TPSA) is 46.0 Å². The maximum atomic E-state index is 4.48. The van der Waals surface area contributed by atoms with Crippen molar-refractivity contribution in [3.63, 3.8) is 0 Å². The Morgan fingerprint density at radius 1 is 1.35 bits per heavy atom. The van der Waals surface area contributed by atoms with E-state index >= 15 is 0 Å². The Balaban J connectivity index is 1.79. The molecular formula is C15H27N5. The molecule has 1 saturated carbocycles. The quantitative estimate of drug-likeness (QED) is 0.911. The lowest BCUT2D eigenvalue weighted by molar-refractivity contribution is 0.0316. The lowest BCUT2D eigenvalue weighted by Crippen LogP contribution is -2.63. The number of nitrogens with one attached hydrogen (secondary N) is 1. The summed E-state index contributed by atoms with van der Waals surface area (Å²) >= 11 is 0. The zero-order valence-corrected chi connectivity index (χ0v) is 12.8. The van der Waals surface area contributed by atoms with Gasteiger partial charge in [-0.2, -0.15) is 5.10 Å². The van der Waals surface area contributed by atoms with Crippen molar-refractivity contribution in [2.45, 2.75) is 70.6 Å². The van der Waals surface area contributed by atoms with E-state index in [2.05, 4.69) is 34.1 Å². The molecule has 1 spiro atoms. The van der Waals surface area contributed by atoms with Crippen LogP contribution in [0.4, 0.5) is 0 Å². The van der Waals surface area contributed by atoms with Gasteiger partial charge in [-0.1, -0.05) is 19.8 Å². The molecular weight excluding hydrogens is 250 g/mol. The van der Waals surface area contributed by atoms with Crippen molar-refractivity contribution in [1.29, 1.82) is 0 Å². The van der Waals surface area contributed by atoms with E-state index < -0.39 is 0 Å². The summed E-state index contributed by atoms with van der Waals surface area (Å²) in [5, 5.41) is 8.07. The molecule has 1 aliphatic carbocycles. The van der Waals surface area contributed by atoms with Crippen LogP contribution in [0.3, 0.4) is 0 Å². The fourth-order valence-electron chi connectivity index (χ4n) is 3.85. The van der Waals surface area contributed by atoms with Crippen LogP contribution < -0.4 is 5.32 Å². The Morgan fingerprint density at radius 2 is 2.15 bits per heavy atom. The predicted octanol–water partition coefficient (Wildman–Crippen LogP) is 1.79. The van der Waals surface area contributed by atoms with Gasteiger partial charge in [0, 0.05) is 31.2 Å². The standard InChI is InChI=1S/C15H27N5/c1-3-13-9-19(10-14-17-12-18-20(14)4-2)15(11-16-13)7-5-6-8-15/h12-13,16H,3-11H2,1-2H3. The van der Waals surface area contributed by atoms with Crippen LogP contribution >= 0.6 is 0 Å². The molecule has 1 aromatic rings. The van der Waals surface area contributed by atoms with Crippen LogP contribution in [0, 0.1) is 0 Å². The third-order valence-corrected chi connectivity index (χ3v) is 5.19. The molecule has 1 atom stereocenters. The minimum atomic E-state index is 0.371. The van der Waals surface area contributed by atoms with Gasteiger partial charge in [0.1, 0.15) is 12.2 Å². The first-order valence-electron chi connectivity index (χ1n) is 8.12. The van der Waals surface area contributed by atoms with Gasteiger partial charge < -0.3 is 5.32 Å². The molecule has 20 heavy (non-hydrogen) atoms. The van der Waals surface area contributed by atoms with Gasteiger partial charge in [-0.25, -0.2) is 9.67 Å². The van der Waals surface area contributed by atoms with Gasteiger partial charge in [0.25, 0.3) is 0 Å². The lowest BCUT2D eigenvalue weighted by atomic mass is 9.90. The maximum Gasteiger partial charge on any atom is 0.141 e. The van der Waals surface area contributed by atoms with E-state index in [9.17, 15) is 0 Å². The molecule has 2 aliphatic rings. The summed E-state index contributed by atoms with van der Waals surface area (Å²) in [5.74, 6) is 1.12. The molecule has 0 amide bonds. The number of piperazine rings is 1. The minimum Gasteiger partial charge on any atom is -0.311 e. The normalized spacial score (nSPS) is 26.4. The van der Waals surface area contributed by atoms with E-state index in [0.717, 1.165) is 32.0 Å². The Morgan fingerprint density at radius 3 is 2.85 bits per heavy atom. The summed E-state index contributed by atoms with van der Waals surface area (Å²) in [6, 6.07) is 0.624. The fraction of sp³-hybridized carbons (Fsp3) is 0.867. The number of nitrogens with zero attached hydrogens (tertiary/aromatic N) is 4. The number of aryl methyl sites for hydroxylation is 1. The summed E-state index contributed by atoms with van der Waals surface area (Å²) in [6.07, 6.45) is 8.30. The van der Waals surface area contributed by atoms with E-state index in [4.69, 9.17) is 0 Å². The van der Waals surface area contributed by atoms with Crippen molar-refractivity contribution in [2.75, 3.05) is 13.1 Å². The highest BCUT2D eigenvalue weighted by Gasteiger charge is 2.43. The predicted molar refractivity (Wildman–Crippen MR) is 79.4 cm³/mol. The third-order valence-electron chi connectivity index (χ3n) is 5.19. The van der Waals surface area contributed by atoms with Crippen LogP contribution in [0.1, 0.15) is 51.8 Å². The van der Waals surface area contributed by atoms with E-state index in [0.29, 0.717) is 11.6 Å². The summed E-state index contributed by atoms with van der Waals surface area (Å²) in [7, 11) is 0. The van der Waals surface area contributed by atoms with Crippen molar-refractivity contribution >= 4 is 0 Å². The van der Waals surface area contributed by atoms with Gasteiger partial charge >= 0.3 is 0 Å². The zero-order chi connectivity index (χ0) is 14.0. The van der Waals surface area contributed by atoms with E-state index in [1.807, 2.05) is 4.68 Å². The minimum absolute atomic E-state index is 0.371. The van der Waals surface area contributed by atoms with Crippen molar-refractivity contribution in [2.24, 2.45) is 0 Å². The van der Waals surface area contributed by atoms with Crippen molar-refractivity contribution < 1.29 is 0 Å². The third kappa shape index (κ3) is 2.49. The van der Waals surface area contributed by atoms with Crippen molar-refractivity contribution in [1.82, 2.24) is 25.0 Å². The van der Waals surface area contributed by atoms with Crippen LogP contribution in [0.15, 0.2) is 6.33 Å². The Kier molecular flexibility index (Phi) is 4.08. The molecule has 5 heteroatoms. The average Bonchev–Trinajstić information content (AvgIpc) is 3.11. The van der Waals surface area contributed by atoms with E-state index in [1.54, 1.807) is 6.33 Å². The molecule has 1 aliphatic heterocycles. The van der Waals surface area contributed by atoms with E-state index in [-0.39, 0.29) is 0 Å². The maximum absolute atomic E-state index is 4.48. The first kappa shape index (κ1) is 14.0. The zero-order valence-electron chi connectivity index (χ0n) is 12.8. The molecule has 1 N–H and O–H groups in total. The summed E-state index contributed by atoms with van der Waals surface area (Å²) in [4.78, 5) is 7.17. The molecule has 2 fully saturated rings. The lowest BCUT2D eigenvalue weighted by Gasteiger charge is -2.48. The van der Waals surface area contributed by atoms with Crippen LogP contribution in [0.5, 0.6) is 0 Å². The smallest absolute Gasteiger partial charge is 0.141 e. The highest BCUT2D eigenvalue weighted by Crippen LogP contribution is 2.37. The SMILES string of the molecule is CCC1CN(Cc2ncnn2CC)C2(CCCC2)CN1. The van der Waals surface area contributed by atoms with Gasteiger partial charge in [-0.05, 0) is 26.2 Å². The average molecular weight is 277 g/mol. The second-order valence-electron chi connectivity index (χ2n) is 6.29. The van der Waals surface area contributed by atoms with Crippen LogP contribution in [0.2, 0.25) is 0 Å². The van der Waals surface area contributed by atoms with Gasteiger partial charge in [0.05, 0.1) is 6.54 Å². The van der Waals surface area contributed by atoms with Crippen LogP contribution in [-0.2, 0) is 13.1 Å². The second kappa shape index (κ2) is 5.82. The van der Waals surface area contributed by atoms with Crippen molar-refractivity contribution in [3.05, 3.63) is 12.2 Å². The first-order valence-corrected chi connectivity index (χ1v) is 8.12. The molecule has 1 aromatic heterocycles. The molecule has 1 saturated heterocycles. The van der Waals surface area contributed by atoms with Gasteiger partial charge in [0.2, 0.25) is 0 Å². The number of rotatable bonds is 4. The molecule has 2 heterocycles. The Hall–Kier alpha value is -0.940. The summed E-state index contributed by atoms with van der Waals surface area (Å²) in [6.45, 7) is 8.56. The molecule has 5 nitrogen and oxygen atoms in total. The number of hydrogen-bond donors (Lipinski definition) is 1. The monoisotopic (exact) mass is 277 g/mol. The molecule has 0 aromatic carbocycles. The molecule has 1 unspecified atom stereocenters. The molecule has 3 rings (SSSR count). The molecule has 112 valence electrons. The van der Waals surface area contributed by atoms with E-state index in [1.165, 1.54) is 32.1 Å². The van der Waals surface area contributed by atoms with Crippen molar-refractivity contribution in [3.8, 4) is 0 Å². The highest BCUT2D eigenvalue weighted by molar-refractivity contribution is 5.03. The number of hydrogen-bond acceptors (Lipinski definition) is 4. The second-order valence-corrected chi connectivity index (χ2v) is 6.29. The molecule has 0 radical (unpaired) electrons. The number of aromatic nitrogens is 3. The van der Waals surface area contributed by atoms with Gasteiger partial charge in [0.15, 0.2) is 0 Å². The highest BCUT2D eigenvalue weighted by atomic mass is 15.4. The molecule has 0 bridgehead atoms. The first-order chi connectivity index (χ1) is 9.77. The van der Waals surface area contributed by atoms with Gasteiger partial charge in [-0.15, -0.1) is 0 Å².